The smallest absolute Gasteiger partial charge is 0.218 e. The summed E-state index contributed by atoms with van der Waals surface area (Å²) in [5, 5.41) is 3.20. The van der Waals surface area contributed by atoms with E-state index < -0.39 is 0 Å². The molecule has 0 aliphatic heterocycles. The third kappa shape index (κ3) is 5.49. The summed E-state index contributed by atoms with van der Waals surface area (Å²) in [6.07, 6.45) is 6.47. The molecule has 1 atom stereocenters. The van der Waals surface area contributed by atoms with Gasteiger partial charge >= 0.3 is 0 Å². The van der Waals surface area contributed by atoms with E-state index in [-0.39, 0.29) is 6.10 Å². The maximum Gasteiger partial charge on any atom is 0.218 e. The number of nitrogens with one attached hydrogen (secondary N) is 1. The molecular formula is C17H30N2O. The van der Waals surface area contributed by atoms with Gasteiger partial charge in [0.25, 0.3) is 0 Å². The quantitative estimate of drug-likeness (QED) is 0.689. The average Bonchev–Trinajstić information content (AvgIpc) is 2.39. The molecule has 1 rings (SSSR count). The number of ether oxygens (including phenoxy) is 1. The fourth-order valence-corrected chi connectivity index (χ4v) is 2.43. The van der Waals surface area contributed by atoms with E-state index in [9.17, 15) is 0 Å². The van der Waals surface area contributed by atoms with Crippen LogP contribution in [0.1, 0.15) is 62.8 Å². The molecule has 0 bridgehead atoms. The summed E-state index contributed by atoms with van der Waals surface area (Å²) < 4.78 is 6.09. The molecule has 0 saturated carbocycles. The Kier molecular flexibility index (Phi) is 7.60. The highest BCUT2D eigenvalue weighted by molar-refractivity contribution is 5.35. The summed E-state index contributed by atoms with van der Waals surface area (Å²) in [5.41, 5.74) is 3.45. The molecule has 0 saturated heterocycles. The number of aryl methyl sites for hydroxylation is 2. The number of rotatable bonds is 9. The van der Waals surface area contributed by atoms with Gasteiger partial charge in [-0.2, -0.15) is 0 Å². The number of nitrogens with zero attached hydrogens (tertiary/aromatic N) is 1. The van der Waals surface area contributed by atoms with Crippen LogP contribution in [0.25, 0.3) is 0 Å². The second-order valence-corrected chi connectivity index (χ2v) is 5.67. The third-order valence-corrected chi connectivity index (χ3v) is 3.57. The zero-order chi connectivity index (χ0) is 15.0. The maximum atomic E-state index is 6.09. The molecule has 3 heteroatoms. The summed E-state index contributed by atoms with van der Waals surface area (Å²) in [7, 11) is 1.96. The van der Waals surface area contributed by atoms with E-state index in [2.05, 4.69) is 37.1 Å². The first-order valence-electron chi connectivity index (χ1n) is 7.86. The van der Waals surface area contributed by atoms with E-state index in [1.807, 2.05) is 14.0 Å². The van der Waals surface area contributed by atoms with Crippen LogP contribution in [0.15, 0.2) is 6.07 Å². The van der Waals surface area contributed by atoms with Gasteiger partial charge in [-0.1, -0.05) is 26.2 Å². The van der Waals surface area contributed by atoms with E-state index in [1.165, 1.54) is 36.8 Å². The Morgan fingerprint density at radius 1 is 1.25 bits per heavy atom. The molecule has 0 radical (unpaired) electrons. The van der Waals surface area contributed by atoms with Crippen LogP contribution < -0.4 is 10.1 Å². The molecule has 1 heterocycles. The predicted molar refractivity (Wildman–Crippen MR) is 85.3 cm³/mol. The first kappa shape index (κ1) is 17.0. The van der Waals surface area contributed by atoms with Gasteiger partial charge in [0.15, 0.2) is 0 Å². The van der Waals surface area contributed by atoms with Gasteiger partial charge in [-0.15, -0.1) is 0 Å². The maximum absolute atomic E-state index is 6.09. The highest BCUT2D eigenvalue weighted by atomic mass is 16.5. The lowest BCUT2D eigenvalue weighted by molar-refractivity contribution is 0.195. The van der Waals surface area contributed by atoms with Crippen LogP contribution in [0.2, 0.25) is 0 Å². The molecule has 1 aromatic rings. The normalized spacial score (nSPS) is 12.4. The van der Waals surface area contributed by atoms with Gasteiger partial charge in [-0.05, 0) is 52.3 Å². The molecule has 1 aromatic heterocycles. The summed E-state index contributed by atoms with van der Waals surface area (Å²) >= 11 is 0. The topological polar surface area (TPSA) is 34.1 Å². The monoisotopic (exact) mass is 278 g/mol. The van der Waals surface area contributed by atoms with E-state index >= 15 is 0 Å². The molecule has 1 N–H and O–H groups in total. The third-order valence-electron chi connectivity index (χ3n) is 3.57. The Hall–Kier alpha value is -1.09. The van der Waals surface area contributed by atoms with Crippen molar-refractivity contribution in [3.8, 4) is 5.88 Å². The number of aromatic nitrogens is 1. The Morgan fingerprint density at radius 2 is 2.00 bits per heavy atom. The first-order valence-corrected chi connectivity index (χ1v) is 7.86. The highest BCUT2D eigenvalue weighted by Crippen LogP contribution is 2.23. The SMILES string of the molecule is CCCCCCC(C)Oc1nc(C)cc(C)c1CNC. The Labute approximate surface area is 124 Å². The van der Waals surface area contributed by atoms with Crippen molar-refractivity contribution < 1.29 is 4.74 Å². The molecule has 3 nitrogen and oxygen atoms in total. The molecule has 0 amide bonds. The van der Waals surface area contributed by atoms with Crippen LogP contribution in [0, 0.1) is 13.8 Å². The molecular weight excluding hydrogens is 248 g/mol. The fraction of sp³-hybridized carbons (Fsp3) is 0.706. The number of hydrogen-bond acceptors (Lipinski definition) is 3. The van der Waals surface area contributed by atoms with Crippen molar-refractivity contribution in [2.24, 2.45) is 0 Å². The van der Waals surface area contributed by atoms with E-state index in [0.29, 0.717) is 0 Å². The largest absolute Gasteiger partial charge is 0.474 e. The van der Waals surface area contributed by atoms with Gasteiger partial charge in [0.1, 0.15) is 0 Å². The Bertz CT molecular complexity index is 404. The second-order valence-electron chi connectivity index (χ2n) is 5.67. The molecule has 0 aliphatic carbocycles. The lowest BCUT2D eigenvalue weighted by atomic mass is 10.1. The van der Waals surface area contributed by atoms with Crippen LogP contribution in [0.3, 0.4) is 0 Å². The van der Waals surface area contributed by atoms with E-state index in [4.69, 9.17) is 4.74 Å². The number of unbranched alkanes of at least 4 members (excludes halogenated alkanes) is 3. The second kappa shape index (κ2) is 8.96. The van der Waals surface area contributed by atoms with Crippen LogP contribution >= 0.6 is 0 Å². The molecule has 0 aromatic carbocycles. The molecule has 0 spiro atoms. The van der Waals surface area contributed by atoms with Gasteiger partial charge < -0.3 is 10.1 Å². The summed E-state index contributed by atoms with van der Waals surface area (Å²) in [4.78, 5) is 4.57. The molecule has 0 fully saturated rings. The van der Waals surface area contributed by atoms with Crippen molar-refractivity contribution in [2.75, 3.05) is 7.05 Å². The minimum Gasteiger partial charge on any atom is -0.474 e. The first-order chi connectivity index (χ1) is 9.58. The van der Waals surface area contributed by atoms with Gasteiger partial charge in [0.2, 0.25) is 5.88 Å². The van der Waals surface area contributed by atoms with Gasteiger partial charge in [-0.3, -0.25) is 0 Å². The van der Waals surface area contributed by atoms with E-state index in [1.54, 1.807) is 0 Å². The van der Waals surface area contributed by atoms with E-state index in [0.717, 1.165) is 24.5 Å². The zero-order valence-electron chi connectivity index (χ0n) is 13.8. The molecule has 0 aliphatic rings. The lowest BCUT2D eigenvalue weighted by Gasteiger charge is -2.18. The predicted octanol–water partition coefficient (Wildman–Crippen LogP) is 4.16. The molecule has 20 heavy (non-hydrogen) atoms. The number of hydrogen-bond donors (Lipinski definition) is 1. The average molecular weight is 278 g/mol. The lowest BCUT2D eigenvalue weighted by Crippen LogP contribution is -2.17. The summed E-state index contributed by atoms with van der Waals surface area (Å²) in [5.74, 6) is 0.805. The molecule has 1 unspecified atom stereocenters. The fourth-order valence-electron chi connectivity index (χ4n) is 2.43. The standard InChI is InChI=1S/C17H30N2O/c1-6-7-8-9-10-15(4)20-17-16(12-18-5)13(2)11-14(3)19-17/h11,15,18H,6-10,12H2,1-5H3. The van der Waals surface area contributed by atoms with Crippen molar-refractivity contribution in [1.29, 1.82) is 0 Å². The zero-order valence-corrected chi connectivity index (χ0v) is 13.8. The van der Waals surface area contributed by atoms with Gasteiger partial charge in [0.05, 0.1) is 6.10 Å². The number of pyridine rings is 1. The van der Waals surface area contributed by atoms with Crippen LogP contribution in [-0.4, -0.2) is 18.1 Å². The van der Waals surface area contributed by atoms with Gasteiger partial charge in [-0.25, -0.2) is 4.98 Å². The Morgan fingerprint density at radius 3 is 2.65 bits per heavy atom. The minimum absolute atomic E-state index is 0.233. The van der Waals surface area contributed by atoms with Crippen molar-refractivity contribution in [1.82, 2.24) is 10.3 Å². The van der Waals surface area contributed by atoms with Crippen molar-refractivity contribution >= 4 is 0 Å². The van der Waals surface area contributed by atoms with Crippen LogP contribution in [0.4, 0.5) is 0 Å². The van der Waals surface area contributed by atoms with Crippen LogP contribution in [0.5, 0.6) is 5.88 Å². The minimum atomic E-state index is 0.233. The summed E-state index contributed by atoms with van der Waals surface area (Å²) in [6, 6.07) is 2.12. The van der Waals surface area contributed by atoms with Gasteiger partial charge in [0, 0.05) is 17.8 Å². The summed E-state index contributed by atoms with van der Waals surface area (Å²) in [6.45, 7) is 9.34. The van der Waals surface area contributed by atoms with Crippen molar-refractivity contribution in [3.63, 3.8) is 0 Å². The van der Waals surface area contributed by atoms with Crippen molar-refractivity contribution in [2.45, 2.75) is 72.4 Å². The highest BCUT2D eigenvalue weighted by Gasteiger charge is 2.12. The van der Waals surface area contributed by atoms with Crippen molar-refractivity contribution in [3.05, 3.63) is 22.9 Å². The Balaban J connectivity index is 2.65. The van der Waals surface area contributed by atoms with Crippen LogP contribution in [-0.2, 0) is 6.54 Å². The molecule has 114 valence electrons.